The zero-order valence-electron chi connectivity index (χ0n) is 16.4. The maximum Gasteiger partial charge on any atom is -0.0391 e. The SMILES string of the molecule is CC.CC(C)C1CCCC1.CC(C)CC1CC(C)C(C)C1. The molecule has 128 valence electrons. The first-order valence-electron chi connectivity index (χ1n) is 9.90. The molecule has 0 heteroatoms. The van der Waals surface area contributed by atoms with Gasteiger partial charge in [-0.25, -0.2) is 0 Å². The van der Waals surface area contributed by atoms with Gasteiger partial charge in [0.15, 0.2) is 0 Å². The van der Waals surface area contributed by atoms with Crippen LogP contribution < -0.4 is 0 Å². The third-order valence-corrected chi connectivity index (χ3v) is 5.53. The van der Waals surface area contributed by atoms with Crippen molar-refractivity contribution in [3.8, 4) is 0 Å². The minimum Gasteiger partial charge on any atom is -0.0683 e. The summed E-state index contributed by atoms with van der Waals surface area (Å²) < 4.78 is 0. The molecule has 0 radical (unpaired) electrons. The van der Waals surface area contributed by atoms with Gasteiger partial charge in [0.25, 0.3) is 0 Å². The van der Waals surface area contributed by atoms with Gasteiger partial charge in [-0.2, -0.15) is 0 Å². The van der Waals surface area contributed by atoms with Crippen molar-refractivity contribution in [2.24, 2.45) is 35.5 Å². The molecule has 0 bridgehead atoms. The van der Waals surface area contributed by atoms with Crippen LogP contribution in [0.1, 0.15) is 100 Å². The Bertz CT molecular complexity index is 209. The summed E-state index contributed by atoms with van der Waals surface area (Å²) >= 11 is 0. The molecule has 2 rings (SSSR count). The molecule has 2 atom stereocenters. The molecule has 0 spiro atoms. The van der Waals surface area contributed by atoms with Gasteiger partial charge in [0.05, 0.1) is 0 Å². The third kappa shape index (κ3) is 8.89. The molecule has 21 heavy (non-hydrogen) atoms. The van der Waals surface area contributed by atoms with E-state index in [0.29, 0.717) is 0 Å². The first-order chi connectivity index (χ1) is 9.90. The van der Waals surface area contributed by atoms with Crippen molar-refractivity contribution in [1.82, 2.24) is 0 Å². The van der Waals surface area contributed by atoms with Crippen molar-refractivity contribution >= 4 is 0 Å². The van der Waals surface area contributed by atoms with Gasteiger partial charge in [-0.1, -0.05) is 81.1 Å². The topological polar surface area (TPSA) is 0 Å². The van der Waals surface area contributed by atoms with E-state index in [1.807, 2.05) is 13.8 Å². The van der Waals surface area contributed by atoms with Gasteiger partial charge in [0.1, 0.15) is 0 Å². The van der Waals surface area contributed by atoms with E-state index in [-0.39, 0.29) is 0 Å². The lowest BCUT2D eigenvalue weighted by atomic mass is 9.95. The third-order valence-electron chi connectivity index (χ3n) is 5.53. The second-order valence-electron chi connectivity index (χ2n) is 8.21. The van der Waals surface area contributed by atoms with Crippen molar-refractivity contribution in [3.63, 3.8) is 0 Å². The summed E-state index contributed by atoms with van der Waals surface area (Å²) in [6, 6.07) is 0. The van der Waals surface area contributed by atoms with E-state index in [2.05, 4.69) is 41.5 Å². The largest absolute Gasteiger partial charge is 0.0683 e. The van der Waals surface area contributed by atoms with Crippen molar-refractivity contribution in [1.29, 1.82) is 0 Å². The van der Waals surface area contributed by atoms with Crippen LogP contribution in [0.4, 0.5) is 0 Å². The molecule has 0 aromatic carbocycles. The minimum atomic E-state index is 0.900. The average Bonchev–Trinajstić information content (AvgIpc) is 3.03. The van der Waals surface area contributed by atoms with Crippen molar-refractivity contribution < 1.29 is 0 Å². The summed E-state index contributed by atoms with van der Waals surface area (Å²) in [7, 11) is 0. The highest BCUT2D eigenvalue weighted by Gasteiger charge is 2.27. The molecule has 2 unspecified atom stereocenters. The van der Waals surface area contributed by atoms with Gasteiger partial charge in [0, 0.05) is 0 Å². The summed E-state index contributed by atoms with van der Waals surface area (Å²) in [5.74, 6) is 5.92. The molecule has 0 saturated heterocycles. The predicted molar refractivity (Wildman–Crippen MR) is 98.7 cm³/mol. The van der Waals surface area contributed by atoms with E-state index in [0.717, 1.165) is 35.5 Å². The number of rotatable bonds is 3. The van der Waals surface area contributed by atoms with E-state index in [1.165, 1.54) is 44.9 Å². The van der Waals surface area contributed by atoms with Crippen molar-refractivity contribution in [2.45, 2.75) is 100 Å². The normalized spacial score (nSPS) is 29.1. The second kappa shape index (κ2) is 11.6. The van der Waals surface area contributed by atoms with E-state index in [1.54, 1.807) is 0 Å². The van der Waals surface area contributed by atoms with Crippen LogP contribution in [0.3, 0.4) is 0 Å². The molecule has 0 aromatic rings. The fourth-order valence-corrected chi connectivity index (χ4v) is 4.10. The van der Waals surface area contributed by atoms with Gasteiger partial charge in [-0.15, -0.1) is 0 Å². The molecule has 0 heterocycles. The highest BCUT2D eigenvalue weighted by atomic mass is 14.3. The molecule has 2 aliphatic rings. The van der Waals surface area contributed by atoms with Crippen molar-refractivity contribution in [2.75, 3.05) is 0 Å². The lowest BCUT2D eigenvalue weighted by Gasteiger charge is -2.11. The summed E-state index contributed by atoms with van der Waals surface area (Å²) in [5.41, 5.74) is 0. The first-order valence-corrected chi connectivity index (χ1v) is 9.90. The van der Waals surface area contributed by atoms with E-state index >= 15 is 0 Å². The monoisotopic (exact) mass is 296 g/mol. The quantitative estimate of drug-likeness (QED) is 0.503. The van der Waals surface area contributed by atoms with E-state index in [4.69, 9.17) is 0 Å². The highest BCUT2D eigenvalue weighted by Crippen LogP contribution is 2.38. The van der Waals surface area contributed by atoms with Crippen LogP contribution in [0, 0.1) is 35.5 Å². The summed E-state index contributed by atoms with van der Waals surface area (Å²) in [6.07, 6.45) is 10.4. The Morgan fingerprint density at radius 3 is 1.52 bits per heavy atom. The van der Waals surface area contributed by atoms with Gasteiger partial charge >= 0.3 is 0 Å². The fourth-order valence-electron chi connectivity index (χ4n) is 4.10. The lowest BCUT2D eigenvalue weighted by Crippen LogP contribution is -2.01. The van der Waals surface area contributed by atoms with Crippen molar-refractivity contribution in [3.05, 3.63) is 0 Å². The first kappa shape index (κ1) is 21.0. The Labute approximate surface area is 136 Å². The standard InChI is InChI=1S/C11H22.C8H16.C2H6/c1-8(2)5-11-6-9(3)10(4)7-11;1-7(2)8-5-3-4-6-8;1-2/h8-11H,5-7H2,1-4H3;7-8H,3-6H2,1-2H3;1-2H3. The van der Waals surface area contributed by atoms with Gasteiger partial charge in [-0.05, 0) is 54.8 Å². The van der Waals surface area contributed by atoms with Crippen LogP contribution in [0.5, 0.6) is 0 Å². The molecule has 2 saturated carbocycles. The molecule has 0 nitrogen and oxygen atoms in total. The number of hydrogen-bond donors (Lipinski definition) is 0. The molecule has 2 fully saturated rings. The number of hydrogen-bond acceptors (Lipinski definition) is 0. The van der Waals surface area contributed by atoms with E-state index in [9.17, 15) is 0 Å². The maximum absolute atomic E-state index is 2.41. The highest BCUT2D eigenvalue weighted by molar-refractivity contribution is 4.78. The van der Waals surface area contributed by atoms with Crippen LogP contribution in [0.2, 0.25) is 0 Å². The van der Waals surface area contributed by atoms with Crippen LogP contribution in [-0.2, 0) is 0 Å². The smallest absolute Gasteiger partial charge is 0.0391 e. The molecular weight excluding hydrogens is 252 g/mol. The predicted octanol–water partition coefficient (Wildman–Crippen LogP) is 7.57. The Morgan fingerprint density at radius 2 is 1.24 bits per heavy atom. The Hall–Kier alpha value is 0. The Balaban J connectivity index is 0.000000354. The van der Waals surface area contributed by atoms with Gasteiger partial charge in [-0.3, -0.25) is 0 Å². The van der Waals surface area contributed by atoms with Gasteiger partial charge < -0.3 is 0 Å². The summed E-state index contributed by atoms with van der Waals surface area (Å²) in [4.78, 5) is 0. The zero-order valence-corrected chi connectivity index (χ0v) is 16.4. The Morgan fingerprint density at radius 1 is 0.810 bits per heavy atom. The minimum absolute atomic E-state index is 0.900. The molecular formula is C21H44. The molecule has 2 aliphatic carbocycles. The molecule has 0 amide bonds. The molecule has 0 aromatic heterocycles. The maximum atomic E-state index is 2.41. The fraction of sp³-hybridized carbons (Fsp3) is 1.00. The van der Waals surface area contributed by atoms with E-state index < -0.39 is 0 Å². The Kier molecular flexibility index (Phi) is 11.6. The van der Waals surface area contributed by atoms with Crippen LogP contribution in [0.15, 0.2) is 0 Å². The average molecular weight is 297 g/mol. The summed E-state index contributed by atoms with van der Waals surface area (Å²) in [5, 5.41) is 0. The molecule has 0 N–H and O–H groups in total. The van der Waals surface area contributed by atoms with Gasteiger partial charge in [0.2, 0.25) is 0 Å². The van der Waals surface area contributed by atoms with Crippen LogP contribution >= 0.6 is 0 Å². The van der Waals surface area contributed by atoms with Crippen LogP contribution in [0.25, 0.3) is 0 Å². The van der Waals surface area contributed by atoms with Crippen LogP contribution in [-0.4, -0.2) is 0 Å². The zero-order chi connectivity index (χ0) is 16.4. The molecule has 0 aliphatic heterocycles. The second-order valence-corrected chi connectivity index (χ2v) is 8.21. The summed E-state index contributed by atoms with van der Waals surface area (Å²) in [6.45, 7) is 18.2. The lowest BCUT2D eigenvalue weighted by molar-refractivity contribution is 0.396.